The van der Waals surface area contributed by atoms with Crippen molar-refractivity contribution >= 4 is 28.2 Å². The highest BCUT2D eigenvalue weighted by atomic mass is 32.1. The minimum absolute atomic E-state index is 0.0384. The van der Waals surface area contributed by atoms with Crippen LogP contribution in [0, 0.1) is 0 Å². The zero-order chi connectivity index (χ0) is 14.4. The van der Waals surface area contributed by atoms with Gasteiger partial charge in [0.2, 0.25) is 5.13 Å². The van der Waals surface area contributed by atoms with Crippen molar-refractivity contribution < 1.29 is 9.90 Å². The highest BCUT2D eigenvalue weighted by Gasteiger charge is 2.09. The Bertz CT molecular complexity index is 539. The van der Waals surface area contributed by atoms with E-state index in [4.69, 9.17) is 5.11 Å². The summed E-state index contributed by atoms with van der Waals surface area (Å²) in [6.07, 6.45) is 2.26. The number of nitrogens with one attached hydrogen (secondary N) is 2. The molecule has 0 saturated heterocycles. The molecule has 0 aliphatic carbocycles. The molecule has 0 aliphatic heterocycles. The topological polar surface area (TPSA) is 100 Å². The van der Waals surface area contributed by atoms with E-state index in [-0.39, 0.29) is 18.6 Å². The van der Waals surface area contributed by atoms with E-state index in [1.807, 2.05) is 6.92 Å². The van der Waals surface area contributed by atoms with Gasteiger partial charge < -0.3 is 10.4 Å². The van der Waals surface area contributed by atoms with Crippen molar-refractivity contribution in [2.75, 3.05) is 17.2 Å². The van der Waals surface area contributed by atoms with E-state index in [0.717, 1.165) is 6.42 Å². The summed E-state index contributed by atoms with van der Waals surface area (Å²) < 4.78 is 0. The maximum absolute atomic E-state index is 11.9. The number of carbonyl (C=O) groups is 1. The lowest BCUT2D eigenvalue weighted by atomic mass is 10.2. The largest absolute Gasteiger partial charge is 0.394 e. The summed E-state index contributed by atoms with van der Waals surface area (Å²) >= 11 is 1.25. The summed E-state index contributed by atoms with van der Waals surface area (Å²) in [7, 11) is 0. The van der Waals surface area contributed by atoms with Crippen molar-refractivity contribution in [1.29, 1.82) is 0 Å². The molecule has 0 bridgehead atoms. The molecule has 0 saturated carbocycles. The van der Waals surface area contributed by atoms with Crippen LogP contribution in [0.4, 0.5) is 10.9 Å². The summed E-state index contributed by atoms with van der Waals surface area (Å²) in [5.41, 5.74) is 1.98. The summed E-state index contributed by atoms with van der Waals surface area (Å²) in [5.74, 6) is 0.341. The fraction of sp³-hybridized carbons (Fsp3) is 0.333. The number of anilines is 2. The quantitative estimate of drug-likeness (QED) is 0.743. The third-order valence-corrected chi connectivity index (χ3v) is 3.28. The predicted molar refractivity (Wildman–Crippen MR) is 76.9 cm³/mol. The fourth-order valence-corrected chi connectivity index (χ4v) is 1.94. The number of pyridine rings is 1. The second-order valence-corrected chi connectivity index (χ2v) is 4.90. The Balaban J connectivity index is 1.98. The van der Waals surface area contributed by atoms with E-state index in [1.54, 1.807) is 17.6 Å². The molecule has 2 heterocycles. The van der Waals surface area contributed by atoms with Crippen molar-refractivity contribution in [2.24, 2.45) is 0 Å². The highest BCUT2D eigenvalue weighted by molar-refractivity contribution is 7.13. The van der Waals surface area contributed by atoms with Gasteiger partial charge in [-0.05, 0) is 18.6 Å². The molecule has 0 spiro atoms. The van der Waals surface area contributed by atoms with Crippen LogP contribution in [0.5, 0.6) is 0 Å². The zero-order valence-electron chi connectivity index (χ0n) is 10.9. The van der Waals surface area contributed by atoms with Crippen LogP contribution < -0.4 is 10.6 Å². The molecule has 3 N–H and O–H groups in total. The van der Waals surface area contributed by atoms with Crippen molar-refractivity contribution in [2.45, 2.75) is 19.4 Å². The highest BCUT2D eigenvalue weighted by Crippen LogP contribution is 2.12. The molecule has 2 aromatic rings. The molecule has 0 fully saturated rings. The Labute approximate surface area is 120 Å². The maximum atomic E-state index is 11.9. The molecular formula is C12H15N5O2S. The van der Waals surface area contributed by atoms with Gasteiger partial charge in [0.05, 0.1) is 18.2 Å². The van der Waals surface area contributed by atoms with Gasteiger partial charge in [0, 0.05) is 6.20 Å². The Morgan fingerprint density at radius 1 is 1.50 bits per heavy atom. The number of amides is 1. The van der Waals surface area contributed by atoms with Crippen LogP contribution in [-0.2, 0) is 0 Å². The first-order chi connectivity index (χ1) is 9.72. The van der Waals surface area contributed by atoms with E-state index in [9.17, 15) is 4.79 Å². The summed E-state index contributed by atoms with van der Waals surface area (Å²) in [5, 5.41) is 22.6. The zero-order valence-corrected chi connectivity index (χ0v) is 11.7. The summed E-state index contributed by atoms with van der Waals surface area (Å²) in [6, 6.07) is 3.33. The SMILES string of the molecule is CC[C@@H](CO)Nc1ccc(C(=O)Nc2nncs2)cn1. The minimum atomic E-state index is -0.282. The number of rotatable bonds is 6. The normalized spacial score (nSPS) is 11.9. The Hall–Kier alpha value is -2.06. The van der Waals surface area contributed by atoms with Crippen LogP contribution in [0.1, 0.15) is 23.7 Å². The molecule has 0 aromatic carbocycles. The van der Waals surface area contributed by atoms with E-state index in [2.05, 4.69) is 25.8 Å². The number of nitrogens with zero attached hydrogens (tertiary/aromatic N) is 3. The molecule has 0 aliphatic rings. The molecule has 1 amide bonds. The number of hydrogen-bond donors (Lipinski definition) is 3. The van der Waals surface area contributed by atoms with Crippen LogP contribution in [0.3, 0.4) is 0 Å². The lowest BCUT2D eigenvalue weighted by Gasteiger charge is -2.14. The fourth-order valence-electron chi connectivity index (χ4n) is 1.50. The lowest BCUT2D eigenvalue weighted by Crippen LogP contribution is -2.23. The summed E-state index contributed by atoms with van der Waals surface area (Å²) in [4.78, 5) is 16.0. The summed E-state index contributed by atoms with van der Waals surface area (Å²) in [6.45, 7) is 2.01. The average Bonchev–Trinajstić information content (AvgIpc) is 2.98. The smallest absolute Gasteiger partial charge is 0.259 e. The van der Waals surface area contributed by atoms with Crippen LogP contribution in [0.25, 0.3) is 0 Å². The molecule has 2 aromatic heterocycles. The van der Waals surface area contributed by atoms with Gasteiger partial charge in [0.1, 0.15) is 11.3 Å². The average molecular weight is 293 g/mol. The van der Waals surface area contributed by atoms with Gasteiger partial charge in [-0.15, -0.1) is 10.2 Å². The number of aliphatic hydroxyl groups is 1. The molecule has 7 nitrogen and oxygen atoms in total. The van der Waals surface area contributed by atoms with Crippen molar-refractivity contribution in [1.82, 2.24) is 15.2 Å². The minimum Gasteiger partial charge on any atom is -0.394 e. The molecular weight excluding hydrogens is 278 g/mol. The Kier molecular flexibility index (Phi) is 4.97. The third-order valence-electron chi connectivity index (χ3n) is 2.67. The maximum Gasteiger partial charge on any atom is 0.259 e. The van der Waals surface area contributed by atoms with E-state index < -0.39 is 0 Å². The first-order valence-electron chi connectivity index (χ1n) is 6.14. The number of carbonyl (C=O) groups excluding carboxylic acids is 1. The molecule has 8 heteroatoms. The molecule has 20 heavy (non-hydrogen) atoms. The van der Waals surface area contributed by atoms with Gasteiger partial charge >= 0.3 is 0 Å². The van der Waals surface area contributed by atoms with E-state index in [1.165, 1.54) is 17.5 Å². The molecule has 0 unspecified atom stereocenters. The number of aliphatic hydroxyl groups excluding tert-OH is 1. The van der Waals surface area contributed by atoms with Crippen molar-refractivity contribution in [3.8, 4) is 0 Å². The van der Waals surface area contributed by atoms with Crippen LogP contribution in [0.2, 0.25) is 0 Å². The first-order valence-corrected chi connectivity index (χ1v) is 7.02. The Morgan fingerprint density at radius 2 is 2.35 bits per heavy atom. The van der Waals surface area contributed by atoms with Crippen LogP contribution in [0.15, 0.2) is 23.8 Å². The van der Waals surface area contributed by atoms with Crippen LogP contribution >= 0.6 is 11.3 Å². The van der Waals surface area contributed by atoms with E-state index >= 15 is 0 Å². The van der Waals surface area contributed by atoms with Gasteiger partial charge in [0.15, 0.2) is 0 Å². The monoisotopic (exact) mass is 293 g/mol. The molecule has 1 atom stereocenters. The molecule has 2 rings (SSSR count). The second-order valence-electron chi connectivity index (χ2n) is 4.06. The van der Waals surface area contributed by atoms with Gasteiger partial charge in [-0.3, -0.25) is 10.1 Å². The lowest BCUT2D eigenvalue weighted by molar-refractivity contribution is 0.102. The number of hydrogen-bond acceptors (Lipinski definition) is 7. The van der Waals surface area contributed by atoms with Gasteiger partial charge in [0.25, 0.3) is 5.91 Å². The Morgan fingerprint density at radius 3 is 2.90 bits per heavy atom. The second kappa shape index (κ2) is 6.92. The predicted octanol–water partition coefficient (Wildman–Crippen LogP) is 1.37. The third kappa shape index (κ3) is 3.72. The van der Waals surface area contributed by atoms with Gasteiger partial charge in [-0.25, -0.2) is 4.98 Å². The van der Waals surface area contributed by atoms with Crippen molar-refractivity contribution in [3.63, 3.8) is 0 Å². The standard InChI is InChI=1S/C12H15N5O2S/c1-2-9(6-18)15-10-4-3-8(5-13-10)11(19)16-12-17-14-7-20-12/h3-5,7,9,18H,2,6H2,1H3,(H,13,15)(H,16,17,19)/t9-/m0/s1. The molecule has 0 radical (unpaired) electrons. The van der Waals surface area contributed by atoms with Gasteiger partial charge in [-0.2, -0.15) is 0 Å². The van der Waals surface area contributed by atoms with Crippen molar-refractivity contribution in [3.05, 3.63) is 29.4 Å². The first kappa shape index (κ1) is 14.4. The number of aromatic nitrogens is 3. The van der Waals surface area contributed by atoms with E-state index in [0.29, 0.717) is 16.5 Å². The van der Waals surface area contributed by atoms with Crippen LogP contribution in [-0.4, -0.2) is 38.8 Å². The van der Waals surface area contributed by atoms with Gasteiger partial charge in [-0.1, -0.05) is 18.3 Å². The molecule has 106 valence electrons.